The van der Waals surface area contributed by atoms with Crippen LogP contribution in [0.2, 0.25) is 0 Å². The smallest absolute Gasteiger partial charge is 0.251 e. The predicted molar refractivity (Wildman–Crippen MR) is 103 cm³/mol. The van der Waals surface area contributed by atoms with Crippen LogP contribution in [0.1, 0.15) is 21.5 Å². The third-order valence-electron chi connectivity index (χ3n) is 3.92. The number of carbonyl (C=O) groups is 1. The highest BCUT2D eigenvalue weighted by Crippen LogP contribution is 2.18. The van der Waals surface area contributed by atoms with Gasteiger partial charge < -0.3 is 15.4 Å². The van der Waals surface area contributed by atoms with Crippen LogP contribution < -0.4 is 15.4 Å². The van der Waals surface area contributed by atoms with E-state index in [-0.39, 0.29) is 5.91 Å². The number of amides is 1. The van der Waals surface area contributed by atoms with Crippen LogP contribution in [0.3, 0.4) is 0 Å². The van der Waals surface area contributed by atoms with E-state index in [1.54, 1.807) is 43.6 Å². The summed E-state index contributed by atoms with van der Waals surface area (Å²) in [7, 11) is 1.60. The Morgan fingerprint density at radius 3 is 2.81 bits per heavy atom. The van der Waals surface area contributed by atoms with Gasteiger partial charge in [0.05, 0.1) is 18.7 Å². The maximum atomic E-state index is 12.5. The average Bonchev–Trinajstić information content (AvgIpc) is 2.72. The van der Waals surface area contributed by atoms with Crippen LogP contribution in [-0.2, 0) is 6.54 Å². The first kappa shape index (κ1) is 18.0. The molecule has 0 fully saturated rings. The Bertz CT molecular complexity index is 995. The van der Waals surface area contributed by atoms with Crippen molar-refractivity contribution in [2.75, 3.05) is 12.4 Å². The van der Waals surface area contributed by atoms with Crippen molar-refractivity contribution >= 4 is 17.4 Å². The summed E-state index contributed by atoms with van der Waals surface area (Å²) in [4.78, 5) is 16.7. The molecule has 3 rings (SSSR count). The van der Waals surface area contributed by atoms with Crippen LogP contribution in [-0.4, -0.2) is 18.0 Å². The van der Waals surface area contributed by atoms with Gasteiger partial charge in [-0.05, 0) is 36.4 Å². The fourth-order valence-electron chi connectivity index (χ4n) is 2.58. The number of carbonyl (C=O) groups excluding carboxylic acids is 1. The Morgan fingerprint density at radius 1 is 1.15 bits per heavy atom. The zero-order valence-electron chi connectivity index (χ0n) is 14.8. The predicted octanol–water partition coefficient (Wildman–Crippen LogP) is 3.64. The minimum Gasteiger partial charge on any atom is -0.496 e. The maximum absolute atomic E-state index is 12.5. The minimum absolute atomic E-state index is 0.211. The molecular weight excluding hydrogens is 340 g/mol. The fraction of sp³-hybridized carbons (Fsp3) is 0.0952. The Hall–Kier alpha value is -3.85. The first-order valence-electron chi connectivity index (χ1n) is 8.33. The van der Waals surface area contributed by atoms with E-state index in [1.807, 2.05) is 30.3 Å². The van der Waals surface area contributed by atoms with Crippen molar-refractivity contribution in [1.82, 2.24) is 10.3 Å². The van der Waals surface area contributed by atoms with Crippen LogP contribution in [0, 0.1) is 11.3 Å². The molecule has 0 aliphatic heterocycles. The number of nitrogens with one attached hydrogen (secondary N) is 2. The third-order valence-corrected chi connectivity index (χ3v) is 3.92. The molecule has 0 aliphatic rings. The molecule has 6 nitrogen and oxygen atoms in total. The largest absolute Gasteiger partial charge is 0.496 e. The number of hydrogen-bond acceptors (Lipinski definition) is 5. The molecule has 1 aromatic heterocycles. The number of pyridine rings is 1. The number of ether oxygens (including phenoxy) is 1. The number of para-hydroxylation sites is 1. The van der Waals surface area contributed by atoms with E-state index in [0.717, 1.165) is 17.0 Å². The summed E-state index contributed by atoms with van der Waals surface area (Å²) in [6, 6.07) is 20.0. The lowest BCUT2D eigenvalue weighted by Gasteiger charge is -2.10. The number of nitriles is 1. The third kappa shape index (κ3) is 4.61. The van der Waals surface area contributed by atoms with E-state index in [1.165, 1.54) is 0 Å². The summed E-state index contributed by atoms with van der Waals surface area (Å²) in [6.45, 7) is 0.359. The maximum Gasteiger partial charge on any atom is 0.251 e. The van der Waals surface area contributed by atoms with Crippen LogP contribution in [0.5, 0.6) is 5.75 Å². The number of methoxy groups -OCH3 is 1. The van der Waals surface area contributed by atoms with Crippen molar-refractivity contribution in [1.29, 1.82) is 5.26 Å². The molecule has 1 amide bonds. The lowest BCUT2D eigenvalue weighted by Crippen LogP contribution is -2.23. The molecule has 134 valence electrons. The quantitative estimate of drug-likeness (QED) is 0.702. The van der Waals surface area contributed by atoms with Gasteiger partial charge in [0.2, 0.25) is 0 Å². The second-order valence-corrected chi connectivity index (χ2v) is 5.74. The van der Waals surface area contributed by atoms with E-state index < -0.39 is 0 Å². The summed E-state index contributed by atoms with van der Waals surface area (Å²) in [5.41, 5.74) is 2.66. The monoisotopic (exact) mass is 358 g/mol. The SMILES string of the molecule is COc1ccccc1CNC(=O)c1ccnc(Nc2cccc(C#N)c2)c1. The van der Waals surface area contributed by atoms with Crippen LogP contribution in [0.25, 0.3) is 0 Å². The van der Waals surface area contributed by atoms with Gasteiger partial charge in [0, 0.05) is 29.6 Å². The number of nitrogens with zero attached hydrogens (tertiary/aromatic N) is 2. The first-order valence-corrected chi connectivity index (χ1v) is 8.33. The van der Waals surface area contributed by atoms with Gasteiger partial charge >= 0.3 is 0 Å². The lowest BCUT2D eigenvalue weighted by molar-refractivity contribution is 0.0950. The summed E-state index contributed by atoms with van der Waals surface area (Å²) >= 11 is 0. The van der Waals surface area contributed by atoms with Crippen molar-refractivity contribution in [2.24, 2.45) is 0 Å². The first-order chi connectivity index (χ1) is 13.2. The molecule has 2 aromatic carbocycles. The Balaban J connectivity index is 1.69. The number of hydrogen-bond donors (Lipinski definition) is 2. The van der Waals surface area contributed by atoms with Gasteiger partial charge in [-0.25, -0.2) is 4.98 Å². The fourth-order valence-corrected chi connectivity index (χ4v) is 2.58. The van der Waals surface area contributed by atoms with Crippen molar-refractivity contribution < 1.29 is 9.53 Å². The average molecular weight is 358 g/mol. The van der Waals surface area contributed by atoms with Gasteiger partial charge in [0.15, 0.2) is 0 Å². The molecule has 0 bridgehead atoms. The van der Waals surface area contributed by atoms with Gasteiger partial charge in [-0.2, -0.15) is 5.26 Å². The molecular formula is C21H18N4O2. The van der Waals surface area contributed by atoms with E-state index in [4.69, 9.17) is 10.00 Å². The van der Waals surface area contributed by atoms with Gasteiger partial charge in [0.1, 0.15) is 11.6 Å². The summed E-state index contributed by atoms with van der Waals surface area (Å²) in [6.07, 6.45) is 1.56. The van der Waals surface area contributed by atoms with Gasteiger partial charge in [-0.15, -0.1) is 0 Å². The normalized spacial score (nSPS) is 9.93. The molecule has 0 aliphatic carbocycles. The molecule has 0 saturated heterocycles. The number of benzene rings is 2. The van der Waals surface area contributed by atoms with Crippen LogP contribution in [0.15, 0.2) is 66.9 Å². The topological polar surface area (TPSA) is 87.0 Å². The summed E-state index contributed by atoms with van der Waals surface area (Å²) in [5, 5.41) is 15.0. The second kappa shape index (κ2) is 8.50. The molecule has 0 unspecified atom stereocenters. The van der Waals surface area contributed by atoms with Crippen molar-refractivity contribution in [3.05, 3.63) is 83.6 Å². The van der Waals surface area contributed by atoms with E-state index >= 15 is 0 Å². The molecule has 1 heterocycles. The van der Waals surface area contributed by atoms with Gasteiger partial charge in [-0.3, -0.25) is 4.79 Å². The van der Waals surface area contributed by atoms with Crippen LogP contribution in [0.4, 0.5) is 11.5 Å². The van der Waals surface area contributed by atoms with E-state index in [2.05, 4.69) is 21.7 Å². The van der Waals surface area contributed by atoms with Crippen molar-refractivity contribution in [3.63, 3.8) is 0 Å². The molecule has 27 heavy (non-hydrogen) atoms. The molecule has 0 radical (unpaired) electrons. The van der Waals surface area contributed by atoms with Crippen molar-refractivity contribution in [2.45, 2.75) is 6.54 Å². The minimum atomic E-state index is -0.211. The molecule has 2 N–H and O–H groups in total. The van der Waals surface area contributed by atoms with Crippen LogP contribution >= 0.6 is 0 Å². The standard InChI is InChI=1S/C21H18N4O2/c1-27-19-8-3-2-6-17(19)14-24-21(26)16-9-10-23-20(12-16)25-18-7-4-5-15(11-18)13-22/h2-12H,14H2,1H3,(H,23,25)(H,24,26). The molecule has 0 atom stereocenters. The Labute approximate surface area is 157 Å². The summed E-state index contributed by atoms with van der Waals surface area (Å²) < 4.78 is 5.29. The molecule has 0 saturated carbocycles. The Kier molecular flexibility index (Phi) is 5.65. The highest BCUT2D eigenvalue weighted by atomic mass is 16.5. The molecule has 6 heteroatoms. The summed E-state index contributed by atoms with van der Waals surface area (Å²) in [5.74, 6) is 1.04. The Morgan fingerprint density at radius 2 is 2.00 bits per heavy atom. The lowest BCUT2D eigenvalue weighted by atomic mass is 10.2. The van der Waals surface area contributed by atoms with Crippen molar-refractivity contribution in [3.8, 4) is 11.8 Å². The number of rotatable bonds is 6. The zero-order chi connectivity index (χ0) is 19.1. The zero-order valence-corrected chi connectivity index (χ0v) is 14.8. The number of anilines is 2. The van der Waals surface area contributed by atoms with E-state index in [9.17, 15) is 4.79 Å². The molecule has 3 aromatic rings. The number of aromatic nitrogens is 1. The highest BCUT2D eigenvalue weighted by Gasteiger charge is 2.09. The second-order valence-electron chi connectivity index (χ2n) is 5.74. The molecule has 0 spiro atoms. The van der Waals surface area contributed by atoms with Gasteiger partial charge in [0.25, 0.3) is 5.91 Å². The highest BCUT2D eigenvalue weighted by molar-refractivity contribution is 5.94. The van der Waals surface area contributed by atoms with E-state index in [0.29, 0.717) is 23.5 Å². The van der Waals surface area contributed by atoms with Gasteiger partial charge in [-0.1, -0.05) is 24.3 Å².